The Morgan fingerprint density at radius 1 is 1.27 bits per heavy atom. The molecule has 0 unspecified atom stereocenters. The van der Waals surface area contributed by atoms with Crippen LogP contribution < -0.4 is 0 Å². The molecule has 2 aromatic rings. The molecule has 2 nitrogen and oxygen atoms in total. The Hall–Kier alpha value is -0.0857. The van der Waals surface area contributed by atoms with E-state index in [1.165, 1.54) is 10.8 Å². The number of hydrogen-bond donors (Lipinski definition) is 1. The van der Waals surface area contributed by atoms with Crippen LogP contribution in [0, 0.1) is 14.4 Å². The van der Waals surface area contributed by atoms with Gasteiger partial charge in [0.05, 0.1) is 0 Å². The minimum Gasteiger partial charge on any atom is -0.358 e. The Kier molecular flexibility index (Phi) is 19.2. The van der Waals surface area contributed by atoms with Gasteiger partial charge in [0, 0.05) is 0 Å². The molecule has 0 saturated carbocycles. The molecule has 0 bridgehead atoms. The molecule has 0 fully saturated rings. The molecule has 0 aliphatic carbocycles. The molecule has 128 valence electrons. The van der Waals surface area contributed by atoms with Crippen molar-refractivity contribution in [3.8, 4) is 0 Å². The van der Waals surface area contributed by atoms with E-state index in [-0.39, 0.29) is 19.6 Å². The summed E-state index contributed by atoms with van der Waals surface area (Å²) in [4.78, 5) is 3.34. The van der Waals surface area contributed by atoms with E-state index in [0.29, 0.717) is 0 Å². The van der Waals surface area contributed by atoms with Crippen molar-refractivity contribution in [3.63, 3.8) is 0 Å². The van der Waals surface area contributed by atoms with E-state index in [1.54, 1.807) is 0 Å². The zero-order chi connectivity index (χ0) is 16.9. The van der Waals surface area contributed by atoms with Gasteiger partial charge in [0.1, 0.15) is 0 Å². The fourth-order valence-corrected chi connectivity index (χ4v) is 1.07. The first-order chi connectivity index (χ1) is 9.61. The number of hydrogen-bond acceptors (Lipinski definition) is 1. The average Bonchev–Trinajstić information content (AvgIpc) is 2.74. The van der Waals surface area contributed by atoms with Crippen molar-refractivity contribution in [1.29, 1.82) is 0 Å². The number of benzene rings is 1. The van der Waals surface area contributed by atoms with Crippen LogP contribution in [-0.4, -0.2) is 22.1 Å². The number of aliphatic hydroxyl groups is 1. The molecule has 2 aromatic carbocycles. The molecule has 2 N–H and O–H groups in total. The van der Waals surface area contributed by atoms with Gasteiger partial charge in [-0.05, 0) is 0 Å². The molecule has 0 aliphatic rings. The van der Waals surface area contributed by atoms with Crippen LogP contribution in [0.25, 0.3) is 16.5 Å². The third-order valence-corrected chi connectivity index (χ3v) is 1.55. The van der Waals surface area contributed by atoms with Crippen LogP contribution >= 0.6 is 18.6 Å². The summed E-state index contributed by atoms with van der Waals surface area (Å²) in [7, 11) is 10.2. The summed E-state index contributed by atoms with van der Waals surface area (Å²) in [5, 5.41) is 10.1. The van der Waals surface area contributed by atoms with Gasteiger partial charge >= 0.3 is 38.7 Å². The SMILES string of the molecule is CC(C)(C)[NH-].[CH2-]CO.[CH2]=[Ti]([Cl])[Cl].[CH3-].c1ccc2[cH-]ccc2c1. The minimum absolute atomic E-state index is 0. The molecule has 2 rings (SSSR count). The molecule has 0 saturated heterocycles. The van der Waals surface area contributed by atoms with Gasteiger partial charge in [0.25, 0.3) is 0 Å². The van der Waals surface area contributed by atoms with E-state index in [9.17, 15) is 0 Å². The van der Waals surface area contributed by atoms with Gasteiger partial charge in [-0.2, -0.15) is 17.5 Å². The van der Waals surface area contributed by atoms with Crippen LogP contribution in [0.3, 0.4) is 0 Å². The molecular weight excluding hydrogens is 353 g/mol. The largest absolute Gasteiger partial charge is 0.358 e. The standard InChI is InChI=1S/C9H7.C4H10N.C2H5O.CH3.CH2.2ClH.Ti/c1-2-5-9-7-3-6-8(9)4-1;1-4(2,3)5;1-2-3;;;;;/h1-7H;5H,1-3H3;3H,1-2H2;1H3;1H2;2*1H;/q4*-1;;;;+2/p-2. The van der Waals surface area contributed by atoms with E-state index in [2.05, 4.69) is 54.2 Å². The second kappa shape index (κ2) is 15.8. The maximum absolute atomic E-state index is 7.46. The summed E-state index contributed by atoms with van der Waals surface area (Å²) in [5.41, 5.74) is 6.69. The second-order valence-electron chi connectivity index (χ2n) is 4.97. The Balaban J connectivity index is -0.000000243. The maximum atomic E-state index is 7.46. The number of rotatable bonds is 0. The van der Waals surface area contributed by atoms with Gasteiger partial charge in [0.2, 0.25) is 0 Å². The summed E-state index contributed by atoms with van der Waals surface area (Å²) < 4.78 is 0. The van der Waals surface area contributed by atoms with E-state index in [0.717, 1.165) is 0 Å². The minimum atomic E-state index is -1.64. The van der Waals surface area contributed by atoms with Crippen molar-refractivity contribution in [2.24, 2.45) is 0 Å². The van der Waals surface area contributed by atoms with Crippen LogP contribution in [0.4, 0.5) is 0 Å². The van der Waals surface area contributed by atoms with Gasteiger partial charge in [-0.15, -0.1) is 35.2 Å². The van der Waals surface area contributed by atoms with Gasteiger partial charge < -0.3 is 25.2 Å². The summed E-state index contributed by atoms with van der Waals surface area (Å²) in [6.45, 7) is 8.60. The summed E-state index contributed by atoms with van der Waals surface area (Å²) >= 11 is -1.64. The van der Waals surface area contributed by atoms with Gasteiger partial charge in [0.15, 0.2) is 0 Å². The van der Waals surface area contributed by atoms with Crippen molar-refractivity contribution in [2.45, 2.75) is 26.3 Å². The summed E-state index contributed by atoms with van der Waals surface area (Å²) in [6, 6.07) is 14.7. The van der Waals surface area contributed by atoms with Crippen molar-refractivity contribution in [2.75, 3.05) is 6.61 Å². The van der Waals surface area contributed by atoms with Crippen molar-refractivity contribution in [1.82, 2.24) is 0 Å². The number of aliphatic hydroxyl groups excluding tert-OH is 1. The van der Waals surface area contributed by atoms with Crippen LogP contribution in [0.1, 0.15) is 20.8 Å². The van der Waals surface area contributed by atoms with Crippen LogP contribution in [0.5, 0.6) is 0 Å². The van der Waals surface area contributed by atoms with E-state index in [1.807, 2.05) is 20.8 Å². The third-order valence-electron chi connectivity index (χ3n) is 1.55. The first-order valence-electron chi connectivity index (χ1n) is 6.37. The first kappa shape index (κ1) is 26.8. The first-order valence-corrected chi connectivity index (χ1v) is 11.8. The van der Waals surface area contributed by atoms with E-state index in [4.69, 9.17) is 29.5 Å². The quantitative estimate of drug-likeness (QED) is 0.442. The molecule has 0 spiro atoms. The molecular formula is C17H27Cl2NOTi-4. The normalized spacial score (nSPS) is 8.91. The Labute approximate surface area is 149 Å². The van der Waals surface area contributed by atoms with Crippen LogP contribution in [0.15, 0.2) is 42.5 Å². The monoisotopic (exact) mass is 379 g/mol. The number of halogens is 2. The molecule has 0 aliphatic heterocycles. The van der Waals surface area contributed by atoms with Crippen molar-refractivity contribution in [3.05, 3.63) is 62.5 Å². The Morgan fingerprint density at radius 2 is 1.64 bits per heavy atom. The summed E-state index contributed by atoms with van der Waals surface area (Å²) in [6.07, 6.45) is 0. The Morgan fingerprint density at radius 3 is 2.00 bits per heavy atom. The predicted octanol–water partition coefficient (Wildman–Crippen LogP) is 6.00. The van der Waals surface area contributed by atoms with Crippen molar-refractivity contribution < 1.29 is 20.4 Å². The molecule has 5 heteroatoms. The topological polar surface area (TPSA) is 44.0 Å². The second-order valence-corrected chi connectivity index (χ2v) is 10.6. The molecule has 0 atom stereocenters. The van der Waals surface area contributed by atoms with E-state index >= 15 is 0 Å². The molecule has 22 heavy (non-hydrogen) atoms. The predicted molar refractivity (Wildman–Crippen MR) is 101 cm³/mol. The molecule has 0 radical (unpaired) electrons. The third kappa shape index (κ3) is 24.9. The molecule has 0 aromatic heterocycles. The average molecular weight is 380 g/mol. The maximum Gasteiger partial charge on any atom is -0.0809 e. The fourth-order valence-electron chi connectivity index (χ4n) is 1.07. The van der Waals surface area contributed by atoms with E-state index < -0.39 is 15.3 Å². The Bertz CT molecular complexity index is 452. The molecule has 0 amide bonds. The van der Waals surface area contributed by atoms with Crippen LogP contribution in [-0.2, 0) is 15.3 Å². The van der Waals surface area contributed by atoms with Crippen LogP contribution in [0.2, 0.25) is 0 Å². The zero-order valence-corrected chi connectivity index (χ0v) is 16.9. The number of fused-ring (bicyclic) bond motifs is 1. The van der Waals surface area contributed by atoms with Gasteiger partial charge in [-0.3, -0.25) is 0 Å². The summed E-state index contributed by atoms with van der Waals surface area (Å²) in [5.74, 6) is 0. The fraction of sp³-hybridized carbons (Fsp3) is 0.294. The molecule has 0 heterocycles. The zero-order valence-electron chi connectivity index (χ0n) is 13.9. The van der Waals surface area contributed by atoms with Crippen molar-refractivity contribution >= 4 is 34.2 Å². The van der Waals surface area contributed by atoms with Gasteiger partial charge in [-0.25, -0.2) is 0 Å². The smallest absolute Gasteiger partial charge is 0.0809 e. The number of nitrogens with one attached hydrogen (secondary N) is 1. The van der Waals surface area contributed by atoms with Gasteiger partial charge in [-0.1, -0.05) is 33.4 Å².